The molecule has 1 aromatic heterocycles. The van der Waals surface area contributed by atoms with Crippen LogP contribution in [0, 0.1) is 5.41 Å². The maximum atomic E-state index is 15.7. The number of hydrogen-bond donors (Lipinski definition) is 16. The topological polar surface area (TPSA) is 505 Å². The van der Waals surface area contributed by atoms with Gasteiger partial charge in [0.2, 0.25) is 29.6 Å². The lowest BCUT2D eigenvalue weighted by molar-refractivity contribution is -0.507. The van der Waals surface area contributed by atoms with Crippen LogP contribution in [-0.2, 0) is 42.7 Å². The minimum atomic E-state index is -4.54. The molecule has 3 saturated heterocycles. The summed E-state index contributed by atoms with van der Waals surface area (Å²) in [7, 11) is 0. The Morgan fingerprint density at radius 3 is 1.85 bits per heavy atom. The summed E-state index contributed by atoms with van der Waals surface area (Å²) in [5, 5.41) is 178. The molecule has 4 fully saturated rings. The lowest BCUT2D eigenvalue weighted by Gasteiger charge is -2.63. The first-order valence-corrected chi connectivity index (χ1v) is 22.9. The quantitative estimate of drug-likeness (QED) is 0.0367. The van der Waals surface area contributed by atoms with Crippen molar-refractivity contribution in [2.75, 3.05) is 19.8 Å². The largest absolute Gasteiger partial charge is 0.504 e. The molecule has 78 heavy (non-hydrogen) atoms. The molecule has 0 unspecified atom stereocenters. The fraction of sp³-hybridized carbons (Fsp3) is 0.383. The normalized spacial score (nSPS) is 33.4. The van der Waals surface area contributed by atoms with Gasteiger partial charge in [0.15, 0.2) is 69.1 Å². The summed E-state index contributed by atoms with van der Waals surface area (Å²) in [6.45, 7) is -3.62. The summed E-state index contributed by atoms with van der Waals surface area (Å²) in [6.07, 6.45) is -20.3. The number of cyclic esters (lactones) is 1. The van der Waals surface area contributed by atoms with E-state index < -0.39 is 247 Å². The van der Waals surface area contributed by atoms with Crippen LogP contribution in [0.1, 0.15) is 59.3 Å². The number of phenolic OH excluding ortho intramolecular Hbond substituents is 9. The highest BCUT2D eigenvalue weighted by Crippen LogP contribution is 2.71. The fourth-order valence-electron chi connectivity index (χ4n) is 11.7. The van der Waals surface area contributed by atoms with Crippen molar-refractivity contribution in [2.24, 2.45) is 5.41 Å². The number of aliphatic hydroxyl groups is 7. The number of Topliss-reactive ketones (excluding diaryl/α,β-unsaturated/α-hetero) is 1. The van der Waals surface area contributed by atoms with Gasteiger partial charge in [0.25, 0.3) is 17.4 Å². The van der Waals surface area contributed by atoms with Crippen LogP contribution in [-0.4, -0.2) is 203 Å². The van der Waals surface area contributed by atoms with Gasteiger partial charge in [-0.05, 0) is 30.3 Å². The van der Waals surface area contributed by atoms with Crippen LogP contribution in [0.15, 0.2) is 34.7 Å². The van der Waals surface area contributed by atoms with E-state index in [1.54, 1.807) is 0 Å². The second-order valence-electron chi connectivity index (χ2n) is 19.5. The molecule has 31 nitrogen and oxygen atoms in total. The number of carbonyl (C=O) groups excluding carboxylic acids is 5. The van der Waals surface area contributed by atoms with E-state index >= 15 is 9.59 Å². The molecule has 1 aliphatic carbocycles. The molecule has 16 N–H and O–H groups in total. The zero-order valence-electron chi connectivity index (χ0n) is 38.7. The Labute approximate surface area is 429 Å². The summed E-state index contributed by atoms with van der Waals surface area (Å²) >= 11 is 0. The van der Waals surface area contributed by atoms with Crippen LogP contribution in [0.4, 0.5) is 0 Å². The monoisotopic (exact) mass is 1100 g/mol. The molecule has 31 heteroatoms. The number of esters is 4. The van der Waals surface area contributed by atoms with Crippen LogP contribution in [0.5, 0.6) is 57.5 Å². The zero-order valence-corrected chi connectivity index (χ0v) is 38.7. The molecule has 4 bridgehead atoms. The molecule has 412 valence electrons. The number of fused-ring (bicyclic) bond motifs is 1. The molecule has 0 amide bonds. The van der Waals surface area contributed by atoms with Crippen molar-refractivity contribution in [3.8, 4) is 57.5 Å². The number of aliphatic hydroxyl groups excluding tert-OH is 1. The number of hydrogen-bond acceptors (Lipinski definition) is 31. The van der Waals surface area contributed by atoms with Gasteiger partial charge in [-0.15, -0.1) is 0 Å². The Kier molecular flexibility index (Phi) is 10.5. The number of aromatic hydroxyl groups is 9. The maximum Gasteiger partial charge on any atom is 0.340 e. The smallest absolute Gasteiger partial charge is 0.340 e. The Morgan fingerprint density at radius 1 is 0.641 bits per heavy atom. The highest BCUT2D eigenvalue weighted by atomic mass is 16.8. The van der Waals surface area contributed by atoms with Gasteiger partial charge in [-0.2, -0.15) is 0 Å². The molecule has 4 aromatic carbocycles. The van der Waals surface area contributed by atoms with E-state index in [9.17, 15) is 96.1 Å². The fourth-order valence-corrected chi connectivity index (χ4v) is 11.7. The SMILES string of the molecule is O=C(O[C@@H]1O[C@@H]2COC(=O)c3cc(O)c(O)c4oc5c(O)c(O)cc(c5c34)C(=O)O[C@@H]3[C@H]1OC(=O)c1cc(O)c(O)c4c1[C@H]1[C@]5(C[C@@]6(O)OC[C@H](O)[C@H]6O[C@H]5C(O)(O)C(O)(O)[C@@]1(O)O4)C(=O)CO[C@@H]32)c1cc(O)c(O)c(O)c1. The predicted octanol–water partition coefficient (Wildman–Crippen LogP) is -2.83. The van der Waals surface area contributed by atoms with E-state index in [0.717, 1.165) is 0 Å². The van der Waals surface area contributed by atoms with Gasteiger partial charge in [0.05, 0.1) is 40.2 Å². The first kappa shape index (κ1) is 50.6. The zero-order chi connectivity index (χ0) is 56.0. The molecule has 7 aliphatic rings. The van der Waals surface area contributed by atoms with Crippen LogP contribution < -0.4 is 4.74 Å². The van der Waals surface area contributed by atoms with Crippen LogP contribution in [0.3, 0.4) is 0 Å². The van der Waals surface area contributed by atoms with E-state index in [1.807, 2.05) is 0 Å². The molecule has 7 heterocycles. The third kappa shape index (κ3) is 6.43. The lowest BCUT2D eigenvalue weighted by atomic mass is 9.50. The first-order valence-electron chi connectivity index (χ1n) is 22.9. The minimum absolute atomic E-state index is 0.387. The Morgan fingerprint density at radius 2 is 1.21 bits per heavy atom. The van der Waals surface area contributed by atoms with Crippen molar-refractivity contribution in [1.29, 1.82) is 0 Å². The van der Waals surface area contributed by atoms with Crippen molar-refractivity contribution >= 4 is 51.6 Å². The molecule has 12 atom stereocenters. The number of furan rings is 1. The number of benzene rings is 4. The average molecular weight is 1100 g/mol. The van der Waals surface area contributed by atoms with Gasteiger partial charge in [-0.25, -0.2) is 19.2 Å². The molecule has 0 radical (unpaired) electrons. The van der Waals surface area contributed by atoms with E-state index in [4.69, 9.17) is 47.0 Å². The van der Waals surface area contributed by atoms with Gasteiger partial charge in [-0.3, -0.25) is 4.79 Å². The Balaban J connectivity index is 1.10. The van der Waals surface area contributed by atoms with E-state index in [-0.39, 0.29) is 0 Å². The van der Waals surface area contributed by atoms with Gasteiger partial charge in [0, 0.05) is 22.8 Å². The van der Waals surface area contributed by atoms with Crippen molar-refractivity contribution in [1.82, 2.24) is 0 Å². The first-order chi connectivity index (χ1) is 36.6. The molecule has 1 saturated carbocycles. The highest BCUT2D eigenvalue weighted by molar-refractivity contribution is 6.23. The summed E-state index contributed by atoms with van der Waals surface area (Å²) in [5.41, 5.74) is -9.50. The van der Waals surface area contributed by atoms with Crippen molar-refractivity contribution in [2.45, 2.75) is 84.5 Å². The van der Waals surface area contributed by atoms with Crippen molar-refractivity contribution < 1.29 is 153 Å². The summed E-state index contributed by atoms with van der Waals surface area (Å²) in [4.78, 5) is 74.2. The summed E-state index contributed by atoms with van der Waals surface area (Å²) in [6, 6.07) is 2.73. The third-order valence-electron chi connectivity index (χ3n) is 15.2. The second kappa shape index (κ2) is 16.2. The highest BCUT2D eigenvalue weighted by Gasteiger charge is 2.87. The van der Waals surface area contributed by atoms with Crippen LogP contribution in [0.2, 0.25) is 0 Å². The standard InChI is InChI=1S/C47H38O31/c48-14-1-10(2-15(49)25(14)55)37(59)77-41-34-33-29(20(72-41)7-70-38(60)11-3-16(50)26(56)30-22(11)23-12(39(61)74-33)4-17(51)27(57)31(23)73-30)69-8-21(54)43-9-44(63)36(19(53)6-71-44)76-42(43)45(64,65)47(67,68)46(66)35(43)24-13(40(62)75-34)5-18(52)28(58)32(24)78-46/h1-5,19-20,29,33-36,41-42,48-53,55-58,63-68H,6-9H2/t19-,20+,29+,33-,34+,35-,36+,41-,42+,43-,44+,46-/m0/s1. The van der Waals surface area contributed by atoms with Crippen molar-refractivity contribution in [3.05, 3.63) is 58.1 Å². The van der Waals surface area contributed by atoms with Gasteiger partial charge >= 0.3 is 23.9 Å². The molecule has 12 rings (SSSR count). The minimum Gasteiger partial charge on any atom is -0.504 e. The molecule has 6 aliphatic heterocycles. The molecule has 1 spiro atoms. The number of ketones is 1. The lowest BCUT2D eigenvalue weighted by Crippen LogP contribution is -2.86. The molecular formula is C47H38O31. The number of ether oxygens (including phenoxy) is 9. The predicted molar refractivity (Wildman–Crippen MR) is 234 cm³/mol. The summed E-state index contributed by atoms with van der Waals surface area (Å²) < 4.78 is 57.6. The summed E-state index contributed by atoms with van der Waals surface area (Å²) in [5.74, 6) is -38.8. The Bertz CT molecular complexity index is 3520. The van der Waals surface area contributed by atoms with E-state index in [2.05, 4.69) is 0 Å². The molecule has 5 aromatic rings. The van der Waals surface area contributed by atoms with E-state index in [0.29, 0.717) is 30.3 Å². The van der Waals surface area contributed by atoms with Gasteiger partial charge < -0.3 is 129 Å². The second-order valence-corrected chi connectivity index (χ2v) is 19.5. The van der Waals surface area contributed by atoms with Crippen LogP contribution in [0.25, 0.3) is 21.9 Å². The van der Waals surface area contributed by atoms with E-state index in [1.165, 1.54) is 0 Å². The van der Waals surface area contributed by atoms with Gasteiger partial charge in [-0.1, -0.05) is 0 Å². The number of rotatable bonds is 2. The number of carbonyl (C=O) groups is 5. The molecular weight excluding hydrogens is 1060 g/mol. The Hall–Kier alpha value is -8.21. The third-order valence-corrected chi connectivity index (χ3v) is 15.2. The maximum absolute atomic E-state index is 15.7. The van der Waals surface area contributed by atoms with Gasteiger partial charge in [0.1, 0.15) is 43.7 Å². The number of phenols is 9. The van der Waals surface area contributed by atoms with Crippen molar-refractivity contribution in [3.63, 3.8) is 0 Å². The average Bonchev–Trinajstić information content (AvgIpc) is 3.45. The van der Waals surface area contributed by atoms with Crippen LogP contribution >= 0.6 is 0 Å².